The molecule has 0 spiro atoms. The minimum atomic E-state index is 0.836. The van der Waals surface area contributed by atoms with Gasteiger partial charge < -0.3 is 0 Å². The van der Waals surface area contributed by atoms with Gasteiger partial charge in [0.15, 0.2) is 0 Å². The smallest absolute Gasteiger partial charge is 0.0994 e. The van der Waals surface area contributed by atoms with E-state index in [1.165, 1.54) is 77.1 Å². The summed E-state index contributed by atoms with van der Waals surface area (Å²) in [5.41, 5.74) is 6.38. The highest BCUT2D eigenvalue weighted by Crippen LogP contribution is 2.30. The molecule has 0 saturated heterocycles. The van der Waals surface area contributed by atoms with Gasteiger partial charge in [-0.1, -0.05) is 82.7 Å². The number of aryl methyl sites for hydroxylation is 3. The molecule has 4 rings (SSSR count). The van der Waals surface area contributed by atoms with Gasteiger partial charge in [-0.2, -0.15) is 10.5 Å². The summed E-state index contributed by atoms with van der Waals surface area (Å²) in [7, 11) is 0. The second kappa shape index (κ2) is 16.7. The lowest BCUT2D eigenvalue weighted by molar-refractivity contribution is 0.666. The first-order valence-electron chi connectivity index (χ1n) is 14.3. The standard InChI is InChI=1S/C18H21NS.C17H19NS/c1-3-4-5-6-7-15-9-10-16(12-17(15)13-19)18-11-8-14(2)20-18;1-2-3-4-5-7-14-9-10-15(12-16(14)13-18)17-8-6-11-19-17/h8-12H,3-7H2,1-2H3;6,8-12H,2-5,7H2,1H3. The quantitative estimate of drug-likeness (QED) is 0.164. The molecular weight excluding hydrogens is 513 g/mol. The third kappa shape index (κ3) is 9.50. The van der Waals surface area contributed by atoms with E-state index in [2.05, 4.69) is 80.8 Å². The van der Waals surface area contributed by atoms with Gasteiger partial charge in [0.1, 0.15) is 0 Å². The number of nitriles is 2. The normalized spacial score (nSPS) is 10.4. The SMILES string of the molecule is CCCCCCc1ccc(-c2ccc(C)s2)cc1C#N.CCCCCCc1ccc(-c2cccs2)cc1C#N. The van der Waals surface area contributed by atoms with Crippen molar-refractivity contribution in [3.63, 3.8) is 0 Å². The Bertz CT molecular complexity index is 1370. The Kier molecular flexibility index (Phi) is 13.0. The van der Waals surface area contributed by atoms with Crippen molar-refractivity contribution < 1.29 is 0 Å². The van der Waals surface area contributed by atoms with Crippen molar-refractivity contribution in [3.8, 4) is 33.0 Å². The van der Waals surface area contributed by atoms with Crippen molar-refractivity contribution in [2.45, 2.75) is 85.0 Å². The summed E-state index contributed by atoms with van der Waals surface area (Å²) < 4.78 is 0. The summed E-state index contributed by atoms with van der Waals surface area (Å²) in [5, 5.41) is 20.7. The highest BCUT2D eigenvalue weighted by Gasteiger charge is 2.07. The summed E-state index contributed by atoms with van der Waals surface area (Å²) in [4.78, 5) is 3.78. The number of nitrogens with zero attached hydrogens (tertiary/aromatic N) is 2. The molecule has 2 heterocycles. The van der Waals surface area contributed by atoms with Gasteiger partial charge in [-0.15, -0.1) is 22.7 Å². The lowest BCUT2D eigenvalue weighted by atomic mass is 9.99. The molecule has 0 fully saturated rings. The van der Waals surface area contributed by atoms with E-state index in [0.29, 0.717) is 0 Å². The van der Waals surface area contributed by atoms with Gasteiger partial charge in [0.05, 0.1) is 23.3 Å². The van der Waals surface area contributed by atoms with Crippen LogP contribution in [0.1, 0.15) is 92.3 Å². The molecule has 4 aromatic rings. The fraction of sp³-hybridized carbons (Fsp3) is 0.371. The first-order chi connectivity index (χ1) is 19.1. The lowest BCUT2D eigenvalue weighted by Crippen LogP contribution is -1.91. The van der Waals surface area contributed by atoms with Crippen LogP contribution in [0.15, 0.2) is 66.0 Å². The van der Waals surface area contributed by atoms with E-state index in [1.54, 1.807) is 22.7 Å². The fourth-order valence-corrected chi connectivity index (χ4v) is 6.21. The zero-order chi connectivity index (χ0) is 27.9. The van der Waals surface area contributed by atoms with E-state index in [-0.39, 0.29) is 0 Å². The molecule has 39 heavy (non-hydrogen) atoms. The van der Waals surface area contributed by atoms with Crippen LogP contribution >= 0.6 is 22.7 Å². The molecule has 0 atom stereocenters. The summed E-state index contributed by atoms with van der Waals surface area (Å²) in [5.74, 6) is 0. The first kappa shape index (κ1) is 30.4. The van der Waals surface area contributed by atoms with Gasteiger partial charge in [-0.05, 0) is 90.6 Å². The molecular formula is C35H40N2S2. The van der Waals surface area contributed by atoms with Crippen LogP contribution in [0.4, 0.5) is 0 Å². The molecule has 0 aliphatic heterocycles. The van der Waals surface area contributed by atoms with Gasteiger partial charge >= 0.3 is 0 Å². The third-order valence-electron chi connectivity index (χ3n) is 6.89. The molecule has 0 bridgehead atoms. The molecule has 0 N–H and O–H groups in total. The summed E-state index contributed by atoms with van der Waals surface area (Å²) in [6.07, 6.45) is 12.0. The van der Waals surface area contributed by atoms with Crippen LogP contribution in [-0.4, -0.2) is 0 Å². The summed E-state index contributed by atoms with van der Waals surface area (Å²) in [6, 6.07) is 25.7. The predicted molar refractivity (Wildman–Crippen MR) is 169 cm³/mol. The molecule has 202 valence electrons. The zero-order valence-electron chi connectivity index (χ0n) is 23.6. The van der Waals surface area contributed by atoms with Crippen molar-refractivity contribution in [1.82, 2.24) is 0 Å². The van der Waals surface area contributed by atoms with Crippen molar-refractivity contribution in [1.29, 1.82) is 10.5 Å². The van der Waals surface area contributed by atoms with Gasteiger partial charge in [-0.3, -0.25) is 0 Å². The number of hydrogen-bond donors (Lipinski definition) is 0. The fourth-order valence-electron chi connectivity index (χ4n) is 4.62. The Hall–Kier alpha value is -3.18. The highest BCUT2D eigenvalue weighted by molar-refractivity contribution is 7.15. The van der Waals surface area contributed by atoms with E-state index in [4.69, 9.17) is 0 Å². The average molecular weight is 553 g/mol. The van der Waals surface area contributed by atoms with Crippen molar-refractivity contribution in [2.24, 2.45) is 0 Å². The maximum absolute atomic E-state index is 9.35. The number of hydrogen-bond acceptors (Lipinski definition) is 4. The topological polar surface area (TPSA) is 47.6 Å². The van der Waals surface area contributed by atoms with Crippen LogP contribution in [0.2, 0.25) is 0 Å². The molecule has 0 aliphatic carbocycles. The molecule has 0 saturated carbocycles. The number of thiophene rings is 2. The first-order valence-corrected chi connectivity index (χ1v) is 16.0. The predicted octanol–water partition coefficient (Wildman–Crippen LogP) is 11.1. The van der Waals surface area contributed by atoms with E-state index in [9.17, 15) is 10.5 Å². The molecule has 0 amide bonds. The van der Waals surface area contributed by atoms with Crippen LogP contribution in [0, 0.1) is 29.6 Å². The maximum atomic E-state index is 9.35. The van der Waals surface area contributed by atoms with Crippen LogP contribution in [0.25, 0.3) is 20.9 Å². The van der Waals surface area contributed by atoms with Crippen LogP contribution in [-0.2, 0) is 12.8 Å². The van der Waals surface area contributed by atoms with Gasteiger partial charge in [0.25, 0.3) is 0 Å². The minimum Gasteiger partial charge on any atom is -0.192 e. The van der Waals surface area contributed by atoms with Crippen LogP contribution in [0.3, 0.4) is 0 Å². The van der Waals surface area contributed by atoms with Crippen molar-refractivity contribution in [2.75, 3.05) is 0 Å². The Morgan fingerprint density at radius 3 is 1.64 bits per heavy atom. The molecule has 0 unspecified atom stereocenters. The molecule has 2 aromatic heterocycles. The Labute approximate surface area is 243 Å². The molecule has 2 nitrogen and oxygen atoms in total. The van der Waals surface area contributed by atoms with E-state index >= 15 is 0 Å². The van der Waals surface area contributed by atoms with Crippen molar-refractivity contribution >= 4 is 22.7 Å². The largest absolute Gasteiger partial charge is 0.192 e. The second-order valence-corrected chi connectivity index (χ2v) is 12.2. The van der Waals surface area contributed by atoms with Crippen LogP contribution < -0.4 is 0 Å². The summed E-state index contributed by atoms with van der Waals surface area (Å²) in [6.45, 7) is 6.55. The maximum Gasteiger partial charge on any atom is 0.0994 e. The van der Waals surface area contributed by atoms with Crippen LogP contribution in [0.5, 0.6) is 0 Å². The van der Waals surface area contributed by atoms with Gasteiger partial charge in [0.2, 0.25) is 0 Å². The zero-order valence-corrected chi connectivity index (χ0v) is 25.3. The van der Waals surface area contributed by atoms with Gasteiger partial charge in [-0.25, -0.2) is 0 Å². The molecule has 0 aliphatic rings. The number of benzene rings is 2. The minimum absolute atomic E-state index is 0.836. The van der Waals surface area contributed by atoms with E-state index in [0.717, 1.165) is 35.1 Å². The molecule has 4 heteroatoms. The monoisotopic (exact) mass is 552 g/mol. The average Bonchev–Trinajstić information content (AvgIpc) is 3.66. The van der Waals surface area contributed by atoms with E-state index in [1.807, 2.05) is 18.2 Å². The second-order valence-electron chi connectivity index (χ2n) is 9.98. The lowest BCUT2D eigenvalue weighted by Gasteiger charge is -2.06. The van der Waals surface area contributed by atoms with E-state index < -0.39 is 0 Å². The number of rotatable bonds is 12. The summed E-state index contributed by atoms with van der Waals surface area (Å²) >= 11 is 3.50. The number of unbranched alkanes of at least 4 members (excludes halogenated alkanes) is 6. The highest BCUT2D eigenvalue weighted by atomic mass is 32.1. The van der Waals surface area contributed by atoms with Crippen molar-refractivity contribution in [3.05, 3.63) is 93.2 Å². The van der Waals surface area contributed by atoms with Gasteiger partial charge in [0, 0.05) is 14.6 Å². The Morgan fingerprint density at radius 1 is 0.641 bits per heavy atom. The Morgan fingerprint density at radius 2 is 1.21 bits per heavy atom. The Balaban J connectivity index is 0.000000216. The molecule has 0 radical (unpaired) electrons. The molecule has 2 aromatic carbocycles. The third-order valence-corrected chi connectivity index (χ3v) is 8.86.